The van der Waals surface area contributed by atoms with Crippen LogP contribution in [0.3, 0.4) is 0 Å². The van der Waals surface area contributed by atoms with Crippen molar-refractivity contribution >= 4 is 5.97 Å². The van der Waals surface area contributed by atoms with Crippen LogP contribution in [0, 0.1) is 12.7 Å². The van der Waals surface area contributed by atoms with Crippen molar-refractivity contribution in [2.24, 2.45) is 0 Å². The molecule has 186 valence electrons. The molecule has 3 rings (SSSR count). The molecule has 0 saturated carbocycles. The number of benzene rings is 2. The number of aliphatic hydroxyl groups excluding tert-OH is 1. The molecule has 0 amide bonds. The van der Waals surface area contributed by atoms with Crippen LogP contribution in [0.4, 0.5) is 4.39 Å². The van der Waals surface area contributed by atoms with Crippen molar-refractivity contribution in [2.75, 3.05) is 19.7 Å². The molecule has 1 aliphatic heterocycles. The summed E-state index contributed by atoms with van der Waals surface area (Å²) in [5.41, 5.74) is 3.92. The number of aryl methyl sites for hydroxylation is 2. The van der Waals surface area contributed by atoms with Crippen LogP contribution in [-0.4, -0.2) is 52.9 Å². The number of carboxylic acid groups (broad SMARTS) is 1. The number of hydrogen-bond donors (Lipinski definition) is 2. The number of ether oxygens (including phenoxy) is 1. The van der Waals surface area contributed by atoms with Crippen molar-refractivity contribution in [2.45, 2.75) is 77.0 Å². The van der Waals surface area contributed by atoms with Crippen LogP contribution in [-0.2, 0) is 22.4 Å². The molecule has 3 atom stereocenters. The molecule has 0 unspecified atom stereocenters. The molecule has 1 fully saturated rings. The summed E-state index contributed by atoms with van der Waals surface area (Å²) in [6, 6.07) is 13.8. The van der Waals surface area contributed by atoms with Crippen molar-refractivity contribution < 1.29 is 24.1 Å². The lowest BCUT2D eigenvalue weighted by molar-refractivity contribution is -0.137. The monoisotopic (exact) mass is 471 g/mol. The number of aliphatic hydroxyl groups is 1. The maximum atomic E-state index is 13.9. The Balaban J connectivity index is 1.48. The zero-order valence-electron chi connectivity index (χ0n) is 20.4. The third-order valence-electron chi connectivity index (χ3n) is 6.77. The first-order valence-corrected chi connectivity index (χ1v) is 12.4. The van der Waals surface area contributed by atoms with Crippen LogP contribution in [0.1, 0.15) is 67.4 Å². The van der Waals surface area contributed by atoms with Crippen molar-refractivity contribution in [1.82, 2.24) is 4.90 Å². The summed E-state index contributed by atoms with van der Waals surface area (Å²) < 4.78 is 20.0. The fraction of sp³-hybridized carbons (Fsp3) is 0.536. The average Bonchev–Trinajstić information content (AvgIpc) is 3.24. The summed E-state index contributed by atoms with van der Waals surface area (Å²) >= 11 is 0. The highest BCUT2D eigenvalue weighted by Gasteiger charge is 2.27. The quantitative estimate of drug-likeness (QED) is 0.399. The van der Waals surface area contributed by atoms with Gasteiger partial charge >= 0.3 is 5.97 Å². The van der Waals surface area contributed by atoms with Crippen LogP contribution < -0.4 is 0 Å². The minimum Gasteiger partial charge on any atom is -0.481 e. The number of halogens is 1. The molecule has 2 N–H and O–H groups in total. The van der Waals surface area contributed by atoms with Gasteiger partial charge in [-0.05, 0) is 87.2 Å². The van der Waals surface area contributed by atoms with E-state index in [1.807, 2.05) is 37.3 Å². The lowest BCUT2D eigenvalue weighted by Crippen LogP contribution is -2.39. The standard InChI is InChI=1S/C28H38FNO4/c1-20-13-14-22(17-27(20)29)16-24-10-7-15-30(24)18-25(31)19-34-21(2)26-11-5-3-8-23(26)9-4-6-12-28(32)33/h3,5,8,11,13-14,17,21,24-25,31H,4,6-7,9-10,12,15-16,18-19H2,1-2H3,(H,32,33)/t21-,24+,25-/m1/s1. The van der Waals surface area contributed by atoms with Gasteiger partial charge in [-0.1, -0.05) is 36.4 Å². The number of carbonyl (C=O) groups is 1. The van der Waals surface area contributed by atoms with Crippen LogP contribution in [0.25, 0.3) is 0 Å². The number of β-amino-alcohol motifs (C(OH)–C–C–N with tert-alkyl or cyclic N) is 1. The smallest absolute Gasteiger partial charge is 0.303 e. The minimum absolute atomic E-state index is 0.157. The van der Waals surface area contributed by atoms with E-state index in [0.29, 0.717) is 24.6 Å². The van der Waals surface area contributed by atoms with E-state index in [2.05, 4.69) is 11.0 Å². The Morgan fingerprint density at radius 3 is 2.79 bits per heavy atom. The second-order valence-corrected chi connectivity index (χ2v) is 9.51. The summed E-state index contributed by atoms with van der Waals surface area (Å²) in [5, 5.41) is 19.5. The van der Waals surface area contributed by atoms with Crippen molar-refractivity contribution in [3.8, 4) is 0 Å². The van der Waals surface area contributed by atoms with Gasteiger partial charge in [-0.25, -0.2) is 4.39 Å². The lowest BCUT2D eigenvalue weighted by atomic mass is 9.98. The molecule has 0 aliphatic carbocycles. The number of nitrogens with zero attached hydrogens (tertiary/aromatic N) is 1. The Hall–Kier alpha value is -2.28. The SMILES string of the molecule is Cc1ccc(C[C@@H]2CCCN2C[C@@H](O)CO[C@H](C)c2ccccc2CCCCC(=O)O)cc1F. The molecule has 5 nitrogen and oxygen atoms in total. The molecule has 0 radical (unpaired) electrons. The number of likely N-dealkylation sites (tertiary alicyclic amines) is 1. The van der Waals surface area contributed by atoms with Crippen LogP contribution in [0.5, 0.6) is 0 Å². The van der Waals surface area contributed by atoms with Crippen LogP contribution in [0.2, 0.25) is 0 Å². The summed E-state index contributed by atoms with van der Waals surface area (Å²) in [6.07, 6.45) is 4.65. The van der Waals surface area contributed by atoms with E-state index in [1.165, 1.54) is 5.56 Å². The largest absolute Gasteiger partial charge is 0.481 e. The molecule has 6 heteroatoms. The van der Waals surface area contributed by atoms with Gasteiger partial charge in [-0.2, -0.15) is 0 Å². The summed E-state index contributed by atoms with van der Waals surface area (Å²) in [4.78, 5) is 13.0. The summed E-state index contributed by atoms with van der Waals surface area (Å²) in [7, 11) is 0. The zero-order chi connectivity index (χ0) is 24.5. The van der Waals surface area contributed by atoms with E-state index in [0.717, 1.165) is 49.8 Å². The summed E-state index contributed by atoms with van der Waals surface area (Å²) in [5.74, 6) is -0.920. The molecule has 1 heterocycles. The van der Waals surface area contributed by atoms with Crippen molar-refractivity contribution in [3.63, 3.8) is 0 Å². The fourth-order valence-electron chi connectivity index (χ4n) is 4.82. The van der Waals surface area contributed by atoms with Gasteiger partial charge in [0.2, 0.25) is 0 Å². The van der Waals surface area contributed by atoms with Gasteiger partial charge in [-0.3, -0.25) is 9.69 Å². The van der Waals surface area contributed by atoms with E-state index in [4.69, 9.17) is 9.84 Å². The van der Waals surface area contributed by atoms with Crippen molar-refractivity contribution in [3.05, 3.63) is 70.5 Å². The van der Waals surface area contributed by atoms with Gasteiger partial charge in [0, 0.05) is 19.0 Å². The number of rotatable bonds is 13. The first-order chi connectivity index (χ1) is 16.3. The topological polar surface area (TPSA) is 70.0 Å². The Labute approximate surface area is 202 Å². The average molecular weight is 472 g/mol. The summed E-state index contributed by atoms with van der Waals surface area (Å²) in [6.45, 7) is 5.49. The molecule has 1 aliphatic rings. The second kappa shape index (κ2) is 13.0. The molecular formula is C28H38FNO4. The molecule has 0 bridgehead atoms. The number of hydrogen-bond acceptors (Lipinski definition) is 4. The van der Waals surface area contributed by atoms with Gasteiger partial charge in [-0.15, -0.1) is 0 Å². The first-order valence-electron chi connectivity index (χ1n) is 12.4. The molecule has 0 spiro atoms. The van der Waals surface area contributed by atoms with Gasteiger partial charge in [0.05, 0.1) is 18.8 Å². The van der Waals surface area contributed by atoms with E-state index in [-0.39, 0.29) is 24.9 Å². The highest BCUT2D eigenvalue weighted by atomic mass is 19.1. The number of unbranched alkanes of at least 4 members (excludes halogenated alkanes) is 1. The lowest BCUT2D eigenvalue weighted by Gasteiger charge is -2.28. The molecule has 0 aromatic heterocycles. The number of carboxylic acids is 1. The van der Waals surface area contributed by atoms with E-state index >= 15 is 0 Å². The predicted octanol–water partition coefficient (Wildman–Crippen LogP) is 5.08. The Bertz CT molecular complexity index is 934. The molecular weight excluding hydrogens is 433 g/mol. The maximum Gasteiger partial charge on any atom is 0.303 e. The fourth-order valence-corrected chi connectivity index (χ4v) is 4.82. The molecule has 1 saturated heterocycles. The Morgan fingerprint density at radius 2 is 2.03 bits per heavy atom. The van der Waals surface area contributed by atoms with Crippen molar-refractivity contribution in [1.29, 1.82) is 0 Å². The van der Waals surface area contributed by atoms with Crippen LogP contribution in [0.15, 0.2) is 42.5 Å². The third kappa shape index (κ3) is 7.90. The second-order valence-electron chi connectivity index (χ2n) is 9.51. The first kappa shape index (κ1) is 26.3. The molecule has 34 heavy (non-hydrogen) atoms. The highest BCUT2D eigenvalue weighted by Crippen LogP contribution is 2.25. The highest BCUT2D eigenvalue weighted by molar-refractivity contribution is 5.66. The Kier molecular flexibility index (Phi) is 10.1. The molecule has 2 aromatic carbocycles. The van der Waals surface area contributed by atoms with Gasteiger partial charge in [0.25, 0.3) is 0 Å². The normalized spacial score (nSPS) is 18.2. The minimum atomic E-state index is -0.759. The van der Waals surface area contributed by atoms with Gasteiger partial charge < -0.3 is 14.9 Å². The maximum absolute atomic E-state index is 13.9. The van der Waals surface area contributed by atoms with Gasteiger partial charge in [0.1, 0.15) is 5.82 Å². The van der Waals surface area contributed by atoms with E-state index in [1.54, 1.807) is 13.0 Å². The number of aliphatic carboxylic acids is 1. The third-order valence-corrected chi connectivity index (χ3v) is 6.77. The van der Waals surface area contributed by atoms with Gasteiger partial charge in [0.15, 0.2) is 0 Å². The van der Waals surface area contributed by atoms with Crippen LogP contribution >= 0.6 is 0 Å². The Morgan fingerprint density at radius 1 is 1.24 bits per heavy atom. The van der Waals surface area contributed by atoms with E-state index in [9.17, 15) is 14.3 Å². The predicted molar refractivity (Wildman–Crippen MR) is 131 cm³/mol. The van der Waals surface area contributed by atoms with E-state index < -0.39 is 12.1 Å². The zero-order valence-corrected chi connectivity index (χ0v) is 20.4. The molecule has 2 aromatic rings.